The Hall–Kier alpha value is -4.53. The number of fused-ring (bicyclic) bond motifs is 1. The number of ether oxygens (including phenoxy) is 1. The Morgan fingerprint density at radius 2 is 1.85 bits per heavy atom. The van der Waals surface area contributed by atoms with Gasteiger partial charge in [0, 0.05) is 17.7 Å². The Labute approximate surface area is 188 Å². The zero-order chi connectivity index (χ0) is 23.5. The molecule has 1 atom stereocenters. The van der Waals surface area contributed by atoms with Crippen LogP contribution < -0.4 is 5.32 Å². The van der Waals surface area contributed by atoms with Crippen molar-refractivity contribution in [3.05, 3.63) is 88.0 Å². The Morgan fingerprint density at radius 1 is 1.09 bits per heavy atom. The van der Waals surface area contributed by atoms with Gasteiger partial charge >= 0.3 is 5.97 Å². The van der Waals surface area contributed by atoms with Crippen LogP contribution in [0.2, 0.25) is 0 Å². The average Bonchev–Trinajstić information content (AvgIpc) is 3.24. The molecule has 3 aromatic carbocycles. The van der Waals surface area contributed by atoms with Crippen LogP contribution in [0.5, 0.6) is 0 Å². The van der Waals surface area contributed by atoms with Gasteiger partial charge in [-0.05, 0) is 37.6 Å². The SMILES string of the molecule is Cc1ccc([N+](=O)[O-])cc1NC(=O)C(C)OC(=O)c1ccc2nc(-c3ccccc3)[nH]c2c1. The molecule has 9 heteroatoms. The van der Waals surface area contributed by atoms with E-state index in [1.807, 2.05) is 30.3 Å². The first-order chi connectivity index (χ1) is 15.8. The van der Waals surface area contributed by atoms with Gasteiger partial charge in [-0.2, -0.15) is 0 Å². The molecule has 0 aliphatic heterocycles. The highest BCUT2D eigenvalue weighted by molar-refractivity contribution is 5.99. The van der Waals surface area contributed by atoms with Crippen LogP contribution in [0.3, 0.4) is 0 Å². The van der Waals surface area contributed by atoms with Crippen LogP contribution in [0.1, 0.15) is 22.8 Å². The van der Waals surface area contributed by atoms with Crippen LogP contribution >= 0.6 is 0 Å². The van der Waals surface area contributed by atoms with E-state index in [1.165, 1.54) is 25.1 Å². The fraction of sp³-hybridized carbons (Fsp3) is 0.125. The Bertz CT molecular complexity index is 1360. The third-order valence-corrected chi connectivity index (χ3v) is 5.11. The number of aromatic amines is 1. The van der Waals surface area contributed by atoms with E-state index < -0.39 is 22.9 Å². The van der Waals surface area contributed by atoms with Crippen LogP contribution in [-0.2, 0) is 9.53 Å². The second kappa shape index (κ2) is 8.91. The monoisotopic (exact) mass is 444 g/mol. The molecule has 0 aliphatic carbocycles. The summed E-state index contributed by atoms with van der Waals surface area (Å²) in [6.07, 6.45) is -1.12. The fourth-order valence-corrected chi connectivity index (χ4v) is 3.24. The Balaban J connectivity index is 1.46. The van der Waals surface area contributed by atoms with Gasteiger partial charge in [0.15, 0.2) is 6.10 Å². The maximum atomic E-state index is 12.6. The number of esters is 1. The van der Waals surface area contributed by atoms with E-state index in [0.29, 0.717) is 22.4 Å². The van der Waals surface area contributed by atoms with Crippen molar-refractivity contribution in [2.45, 2.75) is 20.0 Å². The first kappa shape index (κ1) is 21.7. The number of H-pyrrole nitrogens is 1. The van der Waals surface area contributed by atoms with E-state index in [1.54, 1.807) is 25.1 Å². The predicted molar refractivity (Wildman–Crippen MR) is 123 cm³/mol. The number of carbonyl (C=O) groups excluding carboxylic acids is 2. The predicted octanol–water partition coefficient (Wildman–Crippen LogP) is 4.63. The molecule has 1 heterocycles. The van der Waals surface area contributed by atoms with Crippen molar-refractivity contribution < 1.29 is 19.2 Å². The molecule has 0 saturated carbocycles. The van der Waals surface area contributed by atoms with Gasteiger partial charge in [0.2, 0.25) is 0 Å². The number of nitrogens with zero attached hydrogens (tertiary/aromatic N) is 2. The second-order valence-corrected chi connectivity index (χ2v) is 7.48. The van der Waals surface area contributed by atoms with Crippen molar-refractivity contribution in [1.82, 2.24) is 9.97 Å². The third-order valence-electron chi connectivity index (χ3n) is 5.11. The maximum absolute atomic E-state index is 12.6. The summed E-state index contributed by atoms with van der Waals surface area (Å²) in [5, 5.41) is 13.6. The molecule has 2 N–H and O–H groups in total. The summed E-state index contributed by atoms with van der Waals surface area (Å²) in [7, 11) is 0. The van der Waals surface area contributed by atoms with Crippen molar-refractivity contribution in [2.24, 2.45) is 0 Å². The second-order valence-electron chi connectivity index (χ2n) is 7.48. The van der Waals surface area contributed by atoms with E-state index >= 15 is 0 Å². The van der Waals surface area contributed by atoms with Crippen LogP contribution in [0, 0.1) is 17.0 Å². The molecule has 0 bridgehead atoms. The van der Waals surface area contributed by atoms with Crippen LogP contribution in [0.4, 0.5) is 11.4 Å². The highest BCUT2D eigenvalue weighted by Gasteiger charge is 2.21. The number of nitro benzene ring substituents is 1. The topological polar surface area (TPSA) is 127 Å². The molecule has 0 radical (unpaired) electrons. The van der Waals surface area contributed by atoms with Gasteiger partial charge in [0.05, 0.1) is 27.2 Å². The normalized spacial score (nSPS) is 11.7. The first-order valence-electron chi connectivity index (χ1n) is 10.1. The zero-order valence-electron chi connectivity index (χ0n) is 17.9. The van der Waals surface area contributed by atoms with E-state index in [4.69, 9.17) is 4.74 Å². The molecule has 0 spiro atoms. The van der Waals surface area contributed by atoms with Gasteiger partial charge in [-0.3, -0.25) is 14.9 Å². The Morgan fingerprint density at radius 3 is 2.58 bits per heavy atom. The van der Waals surface area contributed by atoms with Gasteiger partial charge in [0.1, 0.15) is 5.82 Å². The number of nitrogens with one attached hydrogen (secondary N) is 2. The number of imidazole rings is 1. The molecule has 9 nitrogen and oxygen atoms in total. The summed E-state index contributed by atoms with van der Waals surface area (Å²) in [5.74, 6) is -0.594. The number of nitro groups is 1. The molecular weight excluding hydrogens is 424 g/mol. The summed E-state index contributed by atoms with van der Waals surface area (Å²) in [6, 6.07) is 18.6. The number of aromatic nitrogens is 2. The molecule has 0 saturated heterocycles. The number of hydrogen-bond donors (Lipinski definition) is 2. The molecule has 1 amide bonds. The summed E-state index contributed by atoms with van der Waals surface area (Å²) in [6.45, 7) is 3.14. The lowest BCUT2D eigenvalue weighted by atomic mass is 10.1. The van der Waals surface area contributed by atoms with Gasteiger partial charge in [-0.25, -0.2) is 9.78 Å². The number of carbonyl (C=O) groups is 2. The van der Waals surface area contributed by atoms with Crippen molar-refractivity contribution in [2.75, 3.05) is 5.32 Å². The quantitative estimate of drug-likeness (QED) is 0.254. The molecule has 4 rings (SSSR count). The molecule has 1 unspecified atom stereocenters. The molecular formula is C24H20N4O5. The maximum Gasteiger partial charge on any atom is 0.338 e. The largest absolute Gasteiger partial charge is 0.449 e. The van der Waals surface area contributed by atoms with E-state index in [2.05, 4.69) is 15.3 Å². The van der Waals surface area contributed by atoms with Crippen molar-refractivity contribution in [1.29, 1.82) is 0 Å². The summed E-state index contributed by atoms with van der Waals surface area (Å²) >= 11 is 0. The lowest BCUT2D eigenvalue weighted by Gasteiger charge is -2.14. The summed E-state index contributed by atoms with van der Waals surface area (Å²) < 4.78 is 5.31. The molecule has 1 aromatic heterocycles. The highest BCUT2D eigenvalue weighted by atomic mass is 16.6. The van der Waals surface area contributed by atoms with Crippen molar-refractivity contribution in [3.63, 3.8) is 0 Å². The van der Waals surface area contributed by atoms with Gasteiger partial charge in [-0.1, -0.05) is 36.4 Å². The van der Waals surface area contributed by atoms with Crippen molar-refractivity contribution >= 4 is 34.3 Å². The number of non-ortho nitro benzene ring substituents is 1. The lowest BCUT2D eigenvalue weighted by Crippen LogP contribution is -2.30. The Kier molecular flexibility index (Phi) is 5.86. The number of aryl methyl sites for hydroxylation is 1. The van der Waals surface area contributed by atoms with E-state index in [-0.39, 0.29) is 16.9 Å². The highest BCUT2D eigenvalue weighted by Crippen LogP contribution is 2.23. The van der Waals surface area contributed by atoms with Gasteiger partial charge in [0.25, 0.3) is 11.6 Å². The lowest BCUT2D eigenvalue weighted by molar-refractivity contribution is -0.384. The summed E-state index contributed by atoms with van der Waals surface area (Å²) in [4.78, 5) is 43.3. The fourth-order valence-electron chi connectivity index (χ4n) is 3.24. The number of rotatable bonds is 6. The van der Waals surface area contributed by atoms with E-state index in [9.17, 15) is 19.7 Å². The standard InChI is InChI=1S/C24H20N4O5/c1-14-8-10-18(28(31)32)13-20(14)27-23(29)15(2)33-24(30)17-9-11-19-21(12-17)26-22(25-19)16-6-4-3-5-7-16/h3-13,15H,1-2H3,(H,25,26)(H,27,29). The third kappa shape index (κ3) is 4.72. The van der Waals surface area contributed by atoms with Gasteiger partial charge < -0.3 is 15.0 Å². The molecule has 0 fully saturated rings. The number of amides is 1. The van der Waals surface area contributed by atoms with Crippen LogP contribution in [0.15, 0.2) is 66.7 Å². The minimum atomic E-state index is -1.12. The number of anilines is 1. The zero-order valence-corrected chi connectivity index (χ0v) is 17.9. The molecule has 33 heavy (non-hydrogen) atoms. The average molecular weight is 444 g/mol. The summed E-state index contributed by atoms with van der Waals surface area (Å²) in [5.41, 5.74) is 3.31. The van der Waals surface area contributed by atoms with E-state index in [0.717, 1.165) is 5.56 Å². The number of hydrogen-bond acceptors (Lipinski definition) is 6. The molecule has 4 aromatic rings. The van der Waals surface area contributed by atoms with Crippen LogP contribution in [0.25, 0.3) is 22.4 Å². The first-order valence-corrected chi connectivity index (χ1v) is 10.1. The number of benzene rings is 3. The minimum absolute atomic E-state index is 0.150. The molecule has 166 valence electrons. The van der Waals surface area contributed by atoms with Crippen LogP contribution in [-0.4, -0.2) is 32.9 Å². The van der Waals surface area contributed by atoms with Gasteiger partial charge in [-0.15, -0.1) is 0 Å². The minimum Gasteiger partial charge on any atom is -0.449 e. The van der Waals surface area contributed by atoms with Crippen molar-refractivity contribution in [3.8, 4) is 11.4 Å². The molecule has 0 aliphatic rings. The smallest absolute Gasteiger partial charge is 0.338 e.